The van der Waals surface area contributed by atoms with Crippen molar-refractivity contribution in [2.75, 3.05) is 28.3 Å². The Labute approximate surface area is 489 Å². The fourth-order valence-corrected chi connectivity index (χ4v) is 12.6. The van der Waals surface area contributed by atoms with Gasteiger partial charge in [0.1, 0.15) is 0 Å². The summed E-state index contributed by atoms with van der Waals surface area (Å²) in [7, 11) is 1.87. The average Bonchev–Trinajstić information content (AvgIpc) is 3.70. The Morgan fingerprint density at radius 2 is 0.707 bits per heavy atom. The summed E-state index contributed by atoms with van der Waals surface area (Å²) in [4.78, 5) is 53.5. The number of Topliss-reactive ketones (excluding diaryl/α,β-unsaturated/α-hetero) is 1. The summed E-state index contributed by atoms with van der Waals surface area (Å²) in [5.74, 6) is -3.02. The highest BCUT2D eigenvalue weighted by atomic mass is 35.5. The van der Waals surface area contributed by atoms with Crippen molar-refractivity contribution >= 4 is 185 Å². The van der Waals surface area contributed by atoms with Gasteiger partial charge >= 0.3 is 0 Å². The number of nitrogens with one attached hydrogen (secondary N) is 4. The van der Waals surface area contributed by atoms with Crippen molar-refractivity contribution in [1.29, 1.82) is 0 Å². The standard InChI is InChI=1S/C55H30Cl12N4O4/c1-23(72)40-44(60)46(62)42(47(63)45(40)61)53(74)70-38-21-34(56)30(19-36(38)58)31-20-37(59)39(22-35(31)57)71-54(75)43-50(66)48(64)41(49(65)51(43)67)52(73)69-27-17-13-25(14-18-27)55(24-11-15-26(68-2)16-12-24)32-9-5-3-7-28(32)29-8-4-6-10-33(29)55/h3-22,68H,1-2H3,(H,69,73)(H,70,74)(H,71,75). The zero-order valence-corrected chi connectivity index (χ0v) is 47.3. The second-order valence-corrected chi connectivity index (χ2v) is 21.5. The molecular formula is C55H30Cl12N4O4. The first-order valence-corrected chi connectivity index (χ1v) is 26.5. The number of benzene rings is 8. The highest BCUT2D eigenvalue weighted by Gasteiger charge is 2.46. The molecule has 0 atom stereocenters. The summed E-state index contributed by atoms with van der Waals surface area (Å²) >= 11 is 79.0. The van der Waals surface area contributed by atoms with E-state index >= 15 is 0 Å². The predicted molar refractivity (Wildman–Crippen MR) is 312 cm³/mol. The van der Waals surface area contributed by atoms with Crippen molar-refractivity contribution in [3.05, 3.63) is 226 Å². The molecule has 0 aromatic heterocycles. The zero-order valence-electron chi connectivity index (χ0n) is 38.2. The van der Waals surface area contributed by atoms with E-state index in [0.29, 0.717) is 5.69 Å². The molecule has 1 aliphatic rings. The van der Waals surface area contributed by atoms with Crippen LogP contribution in [0.2, 0.25) is 60.3 Å². The number of anilines is 4. The van der Waals surface area contributed by atoms with Gasteiger partial charge in [-0.3, -0.25) is 19.2 Å². The monoisotopic (exact) mass is 1230 g/mol. The molecule has 0 spiro atoms. The van der Waals surface area contributed by atoms with Crippen LogP contribution in [0, 0.1) is 0 Å². The summed E-state index contributed by atoms with van der Waals surface area (Å²) < 4.78 is 0. The highest BCUT2D eigenvalue weighted by Crippen LogP contribution is 2.56. The lowest BCUT2D eigenvalue weighted by Gasteiger charge is -2.34. The van der Waals surface area contributed by atoms with Crippen LogP contribution >= 0.6 is 139 Å². The van der Waals surface area contributed by atoms with E-state index in [4.69, 9.17) is 139 Å². The van der Waals surface area contributed by atoms with Gasteiger partial charge in [0.2, 0.25) is 0 Å². The first-order valence-electron chi connectivity index (χ1n) is 21.9. The number of halogens is 12. The van der Waals surface area contributed by atoms with Gasteiger partial charge in [-0.25, -0.2) is 0 Å². The minimum absolute atomic E-state index is 0.00868. The predicted octanol–water partition coefficient (Wildman–Crippen LogP) is 19.6. The largest absolute Gasteiger partial charge is 0.388 e. The molecule has 0 bridgehead atoms. The van der Waals surface area contributed by atoms with Gasteiger partial charge in [0.25, 0.3) is 17.7 Å². The maximum Gasteiger partial charge on any atom is 0.258 e. The molecule has 0 radical (unpaired) electrons. The summed E-state index contributed by atoms with van der Waals surface area (Å²) in [5, 5.41) is 8.73. The van der Waals surface area contributed by atoms with Crippen LogP contribution in [0.3, 0.4) is 0 Å². The molecule has 8 nitrogen and oxygen atoms in total. The molecular weight excluding hydrogens is 1210 g/mol. The highest BCUT2D eigenvalue weighted by molar-refractivity contribution is 6.55. The molecule has 0 aliphatic heterocycles. The Morgan fingerprint density at radius 1 is 0.373 bits per heavy atom. The molecule has 3 amide bonds. The lowest BCUT2D eigenvalue weighted by Crippen LogP contribution is -2.28. The minimum atomic E-state index is -0.897. The van der Waals surface area contributed by atoms with E-state index in [0.717, 1.165) is 39.1 Å². The molecule has 75 heavy (non-hydrogen) atoms. The van der Waals surface area contributed by atoms with Crippen LogP contribution in [0.1, 0.15) is 70.6 Å². The number of ketones is 1. The van der Waals surface area contributed by atoms with Gasteiger partial charge in [-0.1, -0.05) is 212 Å². The van der Waals surface area contributed by atoms with Gasteiger partial charge < -0.3 is 21.3 Å². The summed E-state index contributed by atoms with van der Waals surface area (Å²) in [6.07, 6.45) is 0. The van der Waals surface area contributed by atoms with Crippen LogP contribution in [-0.4, -0.2) is 30.6 Å². The molecule has 9 rings (SSSR count). The maximum atomic E-state index is 14.0. The van der Waals surface area contributed by atoms with E-state index in [-0.39, 0.29) is 105 Å². The van der Waals surface area contributed by atoms with E-state index in [9.17, 15) is 19.2 Å². The molecule has 0 heterocycles. The molecule has 4 N–H and O–H groups in total. The van der Waals surface area contributed by atoms with Gasteiger partial charge in [-0.05, 0) is 88.8 Å². The molecule has 0 unspecified atom stereocenters. The van der Waals surface area contributed by atoms with Crippen LogP contribution < -0.4 is 21.3 Å². The number of hydrogen-bond donors (Lipinski definition) is 4. The number of carbonyl (C=O) groups is 4. The first kappa shape index (κ1) is 54.9. The fraction of sp³-hybridized carbons (Fsp3) is 0.0545. The molecule has 0 saturated heterocycles. The Hall–Kier alpha value is -4.88. The van der Waals surface area contributed by atoms with Crippen molar-refractivity contribution in [3.63, 3.8) is 0 Å². The normalized spacial score (nSPS) is 12.2. The Bertz CT molecular complexity index is 3650. The Morgan fingerprint density at radius 3 is 1.07 bits per heavy atom. The van der Waals surface area contributed by atoms with Gasteiger partial charge in [0.05, 0.1) is 99.3 Å². The SMILES string of the molecule is CNc1ccc(C2(c3ccc(NC(=O)c4c(Cl)c(Cl)c(C(=O)Nc5cc(Cl)c(-c6cc(Cl)c(NC(=O)c7c(Cl)c(Cl)c(C(C)=O)c(Cl)c7Cl)cc6Cl)cc5Cl)c(Cl)c4Cl)cc3)c3ccccc3-c3ccccc32)cc1. The summed E-state index contributed by atoms with van der Waals surface area (Å²) in [6.45, 7) is 1.21. The second-order valence-electron chi connectivity index (χ2n) is 16.8. The van der Waals surface area contributed by atoms with Crippen LogP contribution in [-0.2, 0) is 5.41 Å². The summed E-state index contributed by atoms with van der Waals surface area (Å²) in [6, 6.07) is 38.0. The molecule has 1 aliphatic carbocycles. The van der Waals surface area contributed by atoms with Crippen LogP contribution in [0.5, 0.6) is 0 Å². The number of hydrogen-bond acceptors (Lipinski definition) is 5. The second kappa shape index (κ2) is 21.9. The molecule has 0 fully saturated rings. The maximum absolute atomic E-state index is 14.0. The van der Waals surface area contributed by atoms with Crippen molar-refractivity contribution in [3.8, 4) is 22.3 Å². The van der Waals surface area contributed by atoms with Crippen molar-refractivity contribution in [2.24, 2.45) is 0 Å². The van der Waals surface area contributed by atoms with Crippen molar-refractivity contribution in [1.82, 2.24) is 0 Å². The number of amides is 3. The van der Waals surface area contributed by atoms with E-state index in [1.165, 1.54) is 31.2 Å². The third kappa shape index (κ3) is 9.71. The fourth-order valence-electron chi connectivity index (χ4n) is 9.15. The van der Waals surface area contributed by atoms with E-state index in [1.54, 1.807) is 12.1 Å². The van der Waals surface area contributed by atoms with Crippen molar-refractivity contribution < 1.29 is 19.2 Å². The van der Waals surface area contributed by atoms with E-state index in [1.807, 2.05) is 55.6 Å². The minimum Gasteiger partial charge on any atom is -0.388 e. The van der Waals surface area contributed by atoms with Gasteiger partial charge in [0, 0.05) is 29.5 Å². The van der Waals surface area contributed by atoms with E-state index < -0.39 is 28.9 Å². The van der Waals surface area contributed by atoms with Crippen molar-refractivity contribution in [2.45, 2.75) is 12.3 Å². The number of rotatable bonds is 11. The lowest BCUT2D eigenvalue weighted by atomic mass is 9.67. The number of carbonyl (C=O) groups excluding carboxylic acids is 4. The third-order valence-electron chi connectivity index (χ3n) is 12.6. The van der Waals surface area contributed by atoms with Crippen LogP contribution in [0.4, 0.5) is 22.7 Å². The Balaban J connectivity index is 0.948. The molecule has 378 valence electrons. The van der Waals surface area contributed by atoms with Gasteiger partial charge in [-0.2, -0.15) is 0 Å². The number of fused-ring (bicyclic) bond motifs is 3. The van der Waals surface area contributed by atoms with Gasteiger partial charge in [-0.15, -0.1) is 0 Å². The lowest BCUT2D eigenvalue weighted by molar-refractivity contribution is 0.100. The van der Waals surface area contributed by atoms with Gasteiger partial charge in [0.15, 0.2) is 5.78 Å². The smallest absolute Gasteiger partial charge is 0.258 e. The van der Waals surface area contributed by atoms with E-state index in [2.05, 4.69) is 57.7 Å². The topological polar surface area (TPSA) is 116 Å². The molecule has 20 heteroatoms. The van der Waals surface area contributed by atoms with Crippen LogP contribution in [0.25, 0.3) is 22.3 Å². The summed E-state index contributed by atoms with van der Waals surface area (Å²) in [5.41, 5.74) is 6.69. The first-order chi connectivity index (χ1) is 35.7. The zero-order chi connectivity index (χ0) is 53.9. The Kier molecular flexibility index (Phi) is 16.0. The molecule has 8 aromatic rings. The third-order valence-corrected chi connectivity index (χ3v) is 17.3. The molecule has 0 saturated carbocycles. The molecule has 8 aromatic carbocycles. The average molecular weight is 1240 g/mol. The quantitative estimate of drug-likeness (QED) is 0.0760. The van der Waals surface area contributed by atoms with Crippen LogP contribution in [0.15, 0.2) is 121 Å².